The minimum absolute atomic E-state index is 0.0223. The Labute approximate surface area is 111 Å². The molecule has 0 fully saturated rings. The van der Waals surface area contributed by atoms with E-state index in [1.807, 2.05) is 0 Å². The lowest BCUT2D eigenvalue weighted by Gasteiger charge is -2.08. The molecular formula is C12H8BrClFNO. The van der Waals surface area contributed by atoms with Crippen LogP contribution in [0.25, 0.3) is 0 Å². The number of ether oxygens (including phenoxy) is 1. The fourth-order valence-electron chi connectivity index (χ4n) is 1.27. The van der Waals surface area contributed by atoms with Crippen molar-refractivity contribution >= 4 is 33.2 Å². The summed E-state index contributed by atoms with van der Waals surface area (Å²) in [4.78, 5) is 0. The van der Waals surface area contributed by atoms with Crippen LogP contribution in [0.5, 0.6) is 11.5 Å². The Morgan fingerprint density at radius 1 is 1.18 bits per heavy atom. The third-order valence-corrected chi connectivity index (χ3v) is 2.98. The van der Waals surface area contributed by atoms with Gasteiger partial charge in [0, 0.05) is 11.8 Å². The number of rotatable bonds is 2. The smallest absolute Gasteiger partial charge is 0.142 e. The first-order valence-corrected chi connectivity index (χ1v) is 5.91. The minimum atomic E-state index is -0.476. The standard InChI is InChI=1S/C12H8BrClFNO/c13-9-5-7(16)1-4-12(9)17-8-2-3-11(15)10(14)6-8/h1-6H,16H2. The van der Waals surface area contributed by atoms with Crippen LogP contribution in [0.1, 0.15) is 0 Å². The van der Waals surface area contributed by atoms with Gasteiger partial charge in [0.2, 0.25) is 0 Å². The Balaban J connectivity index is 2.28. The summed E-state index contributed by atoms with van der Waals surface area (Å²) in [6.07, 6.45) is 0. The minimum Gasteiger partial charge on any atom is -0.456 e. The van der Waals surface area contributed by atoms with Gasteiger partial charge in [-0.3, -0.25) is 0 Å². The summed E-state index contributed by atoms with van der Waals surface area (Å²) in [6.45, 7) is 0. The van der Waals surface area contributed by atoms with Gasteiger partial charge in [-0.25, -0.2) is 4.39 Å². The van der Waals surface area contributed by atoms with E-state index in [9.17, 15) is 4.39 Å². The molecule has 2 aromatic carbocycles. The molecule has 88 valence electrons. The first-order valence-electron chi connectivity index (χ1n) is 4.74. The molecule has 0 radical (unpaired) electrons. The lowest BCUT2D eigenvalue weighted by atomic mass is 10.3. The van der Waals surface area contributed by atoms with E-state index in [1.54, 1.807) is 18.2 Å². The third-order valence-electron chi connectivity index (χ3n) is 2.07. The van der Waals surface area contributed by atoms with E-state index in [0.29, 0.717) is 17.2 Å². The SMILES string of the molecule is Nc1ccc(Oc2ccc(F)c(Cl)c2)c(Br)c1. The van der Waals surface area contributed by atoms with E-state index in [1.165, 1.54) is 18.2 Å². The van der Waals surface area contributed by atoms with Crippen molar-refractivity contribution in [1.29, 1.82) is 0 Å². The lowest BCUT2D eigenvalue weighted by Crippen LogP contribution is -1.89. The molecule has 0 aliphatic carbocycles. The van der Waals surface area contributed by atoms with Gasteiger partial charge in [-0.15, -0.1) is 0 Å². The summed E-state index contributed by atoms with van der Waals surface area (Å²) >= 11 is 8.98. The van der Waals surface area contributed by atoms with Gasteiger partial charge in [0.05, 0.1) is 9.50 Å². The lowest BCUT2D eigenvalue weighted by molar-refractivity contribution is 0.478. The highest BCUT2D eigenvalue weighted by molar-refractivity contribution is 9.10. The molecule has 2 aromatic rings. The Morgan fingerprint density at radius 3 is 2.59 bits per heavy atom. The molecule has 0 spiro atoms. The van der Waals surface area contributed by atoms with E-state index in [2.05, 4.69) is 15.9 Å². The maximum absolute atomic E-state index is 13.0. The molecule has 2 nitrogen and oxygen atoms in total. The largest absolute Gasteiger partial charge is 0.456 e. The van der Waals surface area contributed by atoms with Crippen molar-refractivity contribution in [2.24, 2.45) is 0 Å². The second-order valence-electron chi connectivity index (χ2n) is 3.37. The number of benzene rings is 2. The van der Waals surface area contributed by atoms with E-state index in [4.69, 9.17) is 22.1 Å². The zero-order valence-corrected chi connectivity index (χ0v) is 10.9. The van der Waals surface area contributed by atoms with E-state index in [-0.39, 0.29) is 5.02 Å². The van der Waals surface area contributed by atoms with Gasteiger partial charge in [0.1, 0.15) is 17.3 Å². The highest BCUT2D eigenvalue weighted by Gasteiger charge is 2.05. The van der Waals surface area contributed by atoms with Gasteiger partial charge in [0.15, 0.2) is 0 Å². The van der Waals surface area contributed by atoms with Crippen LogP contribution in [-0.4, -0.2) is 0 Å². The molecule has 0 heterocycles. The monoisotopic (exact) mass is 315 g/mol. The molecule has 0 aliphatic heterocycles. The fourth-order valence-corrected chi connectivity index (χ4v) is 1.92. The van der Waals surface area contributed by atoms with E-state index < -0.39 is 5.82 Å². The number of nitrogen functional groups attached to an aromatic ring is 1. The second kappa shape index (κ2) is 4.94. The van der Waals surface area contributed by atoms with Gasteiger partial charge in [0.25, 0.3) is 0 Å². The van der Waals surface area contributed by atoms with E-state index >= 15 is 0 Å². The van der Waals surface area contributed by atoms with Gasteiger partial charge in [-0.2, -0.15) is 0 Å². The topological polar surface area (TPSA) is 35.2 Å². The van der Waals surface area contributed by atoms with Crippen LogP contribution in [0.15, 0.2) is 40.9 Å². The third kappa shape index (κ3) is 2.90. The average Bonchev–Trinajstić information content (AvgIpc) is 2.27. The predicted octanol–water partition coefficient (Wildman–Crippen LogP) is 4.62. The molecule has 0 aromatic heterocycles. The van der Waals surface area contributed by atoms with Crippen LogP contribution >= 0.6 is 27.5 Å². The summed E-state index contributed by atoms with van der Waals surface area (Å²) in [7, 11) is 0. The molecule has 0 amide bonds. The molecule has 2 rings (SSSR count). The van der Waals surface area contributed by atoms with Crippen molar-refractivity contribution < 1.29 is 9.13 Å². The molecule has 0 saturated carbocycles. The summed E-state index contributed by atoms with van der Waals surface area (Å²) in [5.74, 6) is 0.569. The Bertz CT molecular complexity index is 562. The van der Waals surface area contributed by atoms with Gasteiger partial charge >= 0.3 is 0 Å². The zero-order valence-electron chi connectivity index (χ0n) is 8.58. The fraction of sp³-hybridized carbons (Fsp3) is 0. The highest BCUT2D eigenvalue weighted by atomic mass is 79.9. The Kier molecular flexibility index (Phi) is 3.54. The maximum atomic E-state index is 13.0. The van der Waals surface area contributed by atoms with Crippen LogP contribution in [0.2, 0.25) is 5.02 Å². The molecular weight excluding hydrogens is 308 g/mol. The molecule has 2 N–H and O–H groups in total. The summed E-state index contributed by atoms with van der Waals surface area (Å²) in [5, 5.41) is 0.0223. The zero-order chi connectivity index (χ0) is 12.4. The summed E-state index contributed by atoms with van der Waals surface area (Å²) in [5.41, 5.74) is 6.23. The van der Waals surface area contributed by atoms with Crippen molar-refractivity contribution in [3.05, 3.63) is 51.7 Å². The first-order chi connectivity index (χ1) is 8.06. The molecule has 0 saturated heterocycles. The molecule has 17 heavy (non-hydrogen) atoms. The van der Waals surface area contributed by atoms with Gasteiger partial charge in [-0.1, -0.05) is 11.6 Å². The van der Waals surface area contributed by atoms with Crippen molar-refractivity contribution in [3.8, 4) is 11.5 Å². The molecule has 0 atom stereocenters. The number of hydrogen-bond acceptors (Lipinski definition) is 2. The van der Waals surface area contributed by atoms with Crippen LogP contribution in [0.4, 0.5) is 10.1 Å². The predicted molar refractivity (Wildman–Crippen MR) is 70.0 cm³/mol. The summed E-state index contributed by atoms with van der Waals surface area (Å²) in [6, 6.07) is 9.33. The van der Waals surface area contributed by atoms with E-state index in [0.717, 1.165) is 4.47 Å². The Hall–Kier alpha value is -1.26. The molecule has 0 aliphatic rings. The van der Waals surface area contributed by atoms with Crippen LogP contribution in [-0.2, 0) is 0 Å². The van der Waals surface area contributed by atoms with Gasteiger partial charge in [-0.05, 0) is 46.3 Å². The maximum Gasteiger partial charge on any atom is 0.142 e. The Morgan fingerprint density at radius 2 is 1.94 bits per heavy atom. The van der Waals surface area contributed by atoms with Crippen molar-refractivity contribution in [3.63, 3.8) is 0 Å². The normalized spacial score (nSPS) is 10.3. The number of anilines is 1. The molecule has 0 bridgehead atoms. The highest BCUT2D eigenvalue weighted by Crippen LogP contribution is 2.32. The van der Waals surface area contributed by atoms with Crippen LogP contribution < -0.4 is 10.5 Å². The van der Waals surface area contributed by atoms with Gasteiger partial charge < -0.3 is 10.5 Å². The molecule has 0 unspecified atom stereocenters. The van der Waals surface area contributed by atoms with Crippen molar-refractivity contribution in [1.82, 2.24) is 0 Å². The van der Waals surface area contributed by atoms with Crippen LogP contribution in [0.3, 0.4) is 0 Å². The number of halogens is 3. The first kappa shape index (κ1) is 12.2. The number of nitrogens with two attached hydrogens (primary N) is 1. The summed E-state index contributed by atoms with van der Waals surface area (Å²) < 4.78 is 19.2. The van der Waals surface area contributed by atoms with Crippen molar-refractivity contribution in [2.75, 3.05) is 5.73 Å². The molecule has 5 heteroatoms. The number of hydrogen-bond donors (Lipinski definition) is 1. The van der Waals surface area contributed by atoms with Crippen molar-refractivity contribution in [2.45, 2.75) is 0 Å². The van der Waals surface area contributed by atoms with Crippen LogP contribution in [0, 0.1) is 5.82 Å². The quantitative estimate of drug-likeness (QED) is 0.821. The second-order valence-corrected chi connectivity index (χ2v) is 4.63. The average molecular weight is 317 g/mol.